The molecule has 0 bridgehead atoms. The highest BCUT2D eigenvalue weighted by Gasteiger charge is 2.21. The van der Waals surface area contributed by atoms with E-state index in [1.54, 1.807) is 6.07 Å². The molecular weight excluding hydrogens is 426 g/mol. The Balaban J connectivity index is 2.02. The number of rotatable bonds is 2. The van der Waals surface area contributed by atoms with Crippen LogP contribution < -0.4 is 9.47 Å². The second kappa shape index (κ2) is 6.15. The lowest BCUT2D eigenvalue weighted by Gasteiger charge is -2.21. The Hall–Kier alpha value is -0.780. The van der Waals surface area contributed by atoms with Gasteiger partial charge in [-0.1, -0.05) is 31.9 Å². The first-order valence-corrected chi connectivity index (χ1v) is 8.26. The van der Waals surface area contributed by atoms with Gasteiger partial charge in [0.05, 0.1) is 5.38 Å². The van der Waals surface area contributed by atoms with E-state index in [0.29, 0.717) is 34.7 Å². The summed E-state index contributed by atoms with van der Waals surface area (Å²) in [5.41, 5.74) is 1.47. The number of benzene rings is 2. The van der Waals surface area contributed by atoms with Gasteiger partial charge in [0.2, 0.25) is 0 Å². The molecule has 0 amide bonds. The summed E-state index contributed by atoms with van der Waals surface area (Å²) in [6, 6.07) is 8.27. The first-order valence-electron chi connectivity index (χ1n) is 6.23. The smallest absolute Gasteiger partial charge is 0.162 e. The zero-order valence-electron chi connectivity index (χ0n) is 10.7. The van der Waals surface area contributed by atoms with E-state index in [9.17, 15) is 4.39 Å². The van der Waals surface area contributed by atoms with Crippen LogP contribution in [0.2, 0.25) is 0 Å². The fourth-order valence-electron chi connectivity index (χ4n) is 2.17. The van der Waals surface area contributed by atoms with Crippen molar-refractivity contribution in [2.75, 3.05) is 13.2 Å². The summed E-state index contributed by atoms with van der Waals surface area (Å²) in [5.74, 6) is 1.00. The molecule has 2 aromatic rings. The van der Waals surface area contributed by atoms with E-state index in [1.165, 1.54) is 12.1 Å². The zero-order valence-corrected chi connectivity index (χ0v) is 14.6. The molecule has 1 aliphatic heterocycles. The minimum atomic E-state index is -0.498. The Labute approximate surface area is 143 Å². The molecule has 0 saturated carbocycles. The van der Waals surface area contributed by atoms with Crippen LogP contribution in [0.25, 0.3) is 0 Å². The van der Waals surface area contributed by atoms with Crippen molar-refractivity contribution in [2.24, 2.45) is 0 Å². The first-order chi connectivity index (χ1) is 10.0. The molecular formula is C15H10Br2ClFO2. The highest BCUT2D eigenvalue weighted by atomic mass is 79.9. The molecule has 0 saturated heterocycles. The fourth-order valence-corrected chi connectivity index (χ4v) is 3.65. The van der Waals surface area contributed by atoms with Gasteiger partial charge in [0, 0.05) is 8.95 Å². The molecule has 0 spiro atoms. The largest absolute Gasteiger partial charge is 0.486 e. The molecule has 110 valence electrons. The quantitative estimate of drug-likeness (QED) is 0.583. The molecule has 2 nitrogen and oxygen atoms in total. The number of halogens is 4. The summed E-state index contributed by atoms with van der Waals surface area (Å²) >= 11 is 13.3. The summed E-state index contributed by atoms with van der Waals surface area (Å²) in [6.07, 6.45) is 0. The van der Waals surface area contributed by atoms with Crippen LogP contribution in [0.4, 0.5) is 4.39 Å². The van der Waals surface area contributed by atoms with Gasteiger partial charge in [-0.25, -0.2) is 4.39 Å². The number of fused-ring (bicyclic) bond motifs is 1. The molecule has 0 fully saturated rings. The second-order valence-corrected chi connectivity index (χ2v) is 6.79. The fraction of sp³-hybridized carbons (Fsp3) is 0.200. The summed E-state index contributed by atoms with van der Waals surface area (Å²) in [7, 11) is 0. The van der Waals surface area contributed by atoms with Crippen molar-refractivity contribution >= 4 is 43.5 Å². The minimum absolute atomic E-state index is 0.335. The Bertz CT molecular complexity index is 673. The van der Waals surface area contributed by atoms with E-state index in [2.05, 4.69) is 31.9 Å². The molecule has 0 aromatic heterocycles. The molecule has 6 heteroatoms. The molecule has 1 aliphatic rings. The van der Waals surface area contributed by atoms with Crippen LogP contribution >= 0.6 is 43.5 Å². The maximum Gasteiger partial charge on any atom is 0.162 e. The van der Waals surface area contributed by atoms with Gasteiger partial charge >= 0.3 is 0 Å². The van der Waals surface area contributed by atoms with E-state index in [4.69, 9.17) is 21.1 Å². The lowest BCUT2D eigenvalue weighted by atomic mass is 10.0. The summed E-state index contributed by atoms with van der Waals surface area (Å²) < 4.78 is 26.1. The van der Waals surface area contributed by atoms with Gasteiger partial charge < -0.3 is 9.47 Å². The van der Waals surface area contributed by atoms with Crippen molar-refractivity contribution in [3.63, 3.8) is 0 Å². The lowest BCUT2D eigenvalue weighted by molar-refractivity contribution is 0.171. The lowest BCUT2D eigenvalue weighted by Crippen LogP contribution is -2.15. The van der Waals surface area contributed by atoms with Gasteiger partial charge in [0.25, 0.3) is 0 Å². The maximum absolute atomic E-state index is 13.5. The van der Waals surface area contributed by atoms with Crippen LogP contribution in [0.5, 0.6) is 11.5 Å². The van der Waals surface area contributed by atoms with Gasteiger partial charge in [-0.3, -0.25) is 0 Å². The first kappa shape index (κ1) is 15.1. The molecule has 1 unspecified atom stereocenters. The summed E-state index contributed by atoms with van der Waals surface area (Å²) in [6.45, 7) is 1.03. The van der Waals surface area contributed by atoms with Gasteiger partial charge in [-0.05, 0) is 41.5 Å². The average Bonchev–Trinajstić information content (AvgIpc) is 2.44. The van der Waals surface area contributed by atoms with Crippen molar-refractivity contribution in [3.8, 4) is 11.5 Å². The predicted octanol–water partition coefficient (Wildman–Crippen LogP) is 5.45. The topological polar surface area (TPSA) is 18.5 Å². The van der Waals surface area contributed by atoms with Gasteiger partial charge in [-0.2, -0.15) is 0 Å². The minimum Gasteiger partial charge on any atom is -0.486 e. The number of hydrogen-bond donors (Lipinski definition) is 0. The average molecular weight is 437 g/mol. The van der Waals surface area contributed by atoms with Crippen molar-refractivity contribution < 1.29 is 13.9 Å². The summed E-state index contributed by atoms with van der Waals surface area (Å²) in [5, 5.41) is -0.498. The third-order valence-electron chi connectivity index (χ3n) is 3.11. The maximum atomic E-state index is 13.5. The molecule has 1 heterocycles. The van der Waals surface area contributed by atoms with Crippen LogP contribution in [0.1, 0.15) is 16.5 Å². The Kier molecular flexibility index (Phi) is 4.43. The van der Waals surface area contributed by atoms with Gasteiger partial charge in [-0.15, -0.1) is 11.6 Å². The second-order valence-electron chi connectivity index (χ2n) is 4.58. The van der Waals surface area contributed by atoms with Gasteiger partial charge in [0.1, 0.15) is 19.0 Å². The molecule has 0 N–H and O–H groups in total. The molecule has 0 aliphatic carbocycles. The van der Waals surface area contributed by atoms with E-state index >= 15 is 0 Å². The van der Waals surface area contributed by atoms with Crippen LogP contribution in [0.3, 0.4) is 0 Å². The highest BCUT2D eigenvalue weighted by Crippen LogP contribution is 2.42. The molecule has 2 aromatic carbocycles. The van der Waals surface area contributed by atoms with Crippen LogP contribution in [-0.4, -0.2) is 13.2 Å². The van der Waals surface area contributed by atoms with E-state index in [1.807, 2.05) is 12.1 Å². The molecule has 21 heavy (non-hydrogen) atoms. The van der Waals surface area contributed by atoms with E-state index in [-0.39, 0.29) is 5.82 Å². The Morgan fingerprint density at radius 1 is 1.00 bits per heavy atom. The molecule has 1 atom stereocenters. The number of ether oxygens (including phenoxy) is 2. The van der Waals surface area contributed by atoms with E-state index in [0.717, 1.165) is 10.0 Å². The van der Waals surface area contributed by atoms with E-state index < -0.39 is 5.38 Å². The Morgan fingerprint density at radius 3 is 2.33 bits per heavy atom. The standard InChI is InChI=1S/C15H10Br2ClFO2/c16-9-3-8(4-10(19)5-9)15(18)11-6-13-14(7-12(11)17)21-2-1-20-13/h3-7,15H,1-2H2. The molecule has 0 radical (unpaired) electrons. The van der Waals surface area contributed by atoms with Crippen molar-refractivity contribution in [3.05, 3.63) is 56.2 Å². The highest BCUT2D eigenvalue weighted by molar-refractivity contribution is 9.10. The van der Waals surface area contributed by atoms with Crippen molar-refractivity contribution in [1.82, 2.24) is 0 Å². The Morgan fingerprint density at radius 2 is 1.67 bits per heavy atom. The number of alkyl halides is 1. The van der Waals surface area contributed by atoms with Crippen molar-refractivity contribution in [1.29, 1.82) is 0 Å². The van der Waals surface area contributed by atoms with Crippen LogP contribution in [-0.2, 0) is 0 Å². The third kappa shape index (κ3) is 3.20. The zero-order chi connectivity index (χ0) is 15.0. The predicted molar refractivity (Wildman–Crippen MR) is 86.9 cm³/mol. The van der Waals surface area contributed by atoms with Crippen LogP contribution in [0, 0.1) is 5.82 Å². The molecule has 3 rings (SSSR count). The van der Waals surface area contributed by atoms with Gasteiger partial charge in [0.15, 0.2) is 11.5 Å². The number of hydrogen-bond acceptors (Lipinski definition) is 2. The van der Waals surface area contributed by atoms with Crippen molar-refractivity contribution in [2.45, 2.75) is 5.38 Å². The third-order valence-corrected chi connectivity index (χ3v) is 4.74. The SMILES string of the molecule is Fc1cc(Br)cc(C(Cl)c2cc3c(cc2Br)OCCO3)c1. The summed E-state index contributed by atoms with van der Waals surface area (Å²) in [4.78, 5) is 0. The van der Waals surface area contributed by atoms with Crippen LogP contribution in [0.15, 0.2) is 39.3 Å². The monoisotopic (exact) mass is 434 g/mol. The normalized spacial score (nSPS) is 14.9.